The van der Waals surface area contributed by atoms with E-state index >= 15 is 0 Å². The molecule has 0 fully saturated rings. The minimum Gasteiger partial charge on any atom is -0.493 e. The molecule has 0 bridgehead atoms. The Kier molecular flexibility index (Phi) is 3.55. The highest BCUT2D eigenvalue weighted by atomic mass is 16.5. The zero-order chi connectivity index (χ0) is 14.1. The summed E-state index contributed by atoms with van der Waals surface area (Å²) in [5.74, 6) is 2.66. The Morgan fingerprint density at radius 3 is 2.40 bits per heavy atom. The number of hydrogen-bond donors (Lipinski definition) is 0. The maximum atomic E-state index is 11.6. The van der Waals surface area contributed by atoms with Crippen LogP contribution >= 0.6 is 0 Å². The van der Waals surface area contributed by atoms with Crippen molar-refractivity contribution in [2.75, 3.05) is 20.3 Å². The Morgan fingerprint density at radius 1 is 1.10 bits per heavy atom. The minimum atomic E-state index is 0.152. The molecule has 2 aliphatic rings. The van der Waals surface area contributed by atoms with Crippen molar-refractivity contribution >= 4 is 5.78 Å². The van der Waals surface area contributed by atoms with Gasteiger partial charge in [-0.25, -0.2) is 0 Å². The molecule has 2 aliphatic heterocycles. The number of rotatable bonds is 3. The molecule has 4 nitrogen and oxygen atoms in total. The van der Waals surface area contributed by atoms with Gasteiger partial charge >= 0.3 is 0 Å². The molecule has 4 heteroatoms. The predicted octanol–water partition coefficient (Wildman–Crippen LogP) is 2.48. The van der Waals surface area contributed by atoms with Crippen LogP contribution in [0.2, 0.25) is 0 Å². The quantitative estimate of drug-likeness (QED) is 0.850. The summed E-state index contributed by atoms with van der Waals surface area (Å²) in [5.41, 5.74) is 3.18. The lowest BCUT2D eigenvalue weighted by molar-refractivity contribution is -0.116. The summed E-state index contributed by atoms with van der Waals surface area (Å²) >= 11 is 0. The average Bonchev–Trinajstić information content (AvgIpc) is 2.47. The zero-order valence-corrected chi connectivity index (χ0v) is 12.1. The fourth-order valence-corrected chi connectivity index (χ4v) is 3.15. The van der Waals surface area contributed by atoms with Crippen molar-refractivity contribution in [2.24, 2.45) is 0 Å². The highest BCUT2D eigenvalue weighted by molar-refractivity contribution is 5.81. The van der Waals surface area contributed by atoms with Crippen LogP contribution in [0.1, 0.15) is 36.5 Å². The van der Waals surface area contributed by atoms with Crippen molar-refractivity contribution < 1.29 is 19.0 Å². The van der Waals surface area contributed by atoms with E-state index in [1.807, 2.05) is 0 Å². The van der Waals surface area contributed by atoms with Gasteiger partial charge in [-0.3, -0.25) is 4.79 Å². The van der Waals surface area contributed by atoms with Crippen LogP contribution in [-0.2, 0) is 24.1 Å². The molecule has 0 saturated carbocycles. The monoisotopic (exact) mass is 276 g/mol. The van der Waals surface area contributed by atoms with Crippen LogP contribution in [-0.4, -0.2) is 26.1 Å². The number of ketones is 1. The van der Waals surface area contributed by atoms with Gasteiger partial charge in [-0.1, -0.05) is 0 Å². The summed E-state index contributed by atoms with van der Waals surface area (Å²) in [5, 5.41) is 0. The first-order valence-electron chi connectivity index (χ1n) is 7.22. The van der Waals surface area contributed by atoms with E-state index in [1.165, 1.54) is 0 Å². The topological polar surface area (TPSA) is 44.8 Å². The van der Waals surface area contributed by atoms with Crippen LogP contribution in [0.15, 0.2) is 0 Å². The highest BCUT2D eigenvalue weighted by Crippen LogP contribution is 2.48. The lowest BCUT2D eigenvalue weighted by Gasteiger charge is -2.29. The highest BCUT2D eigenvalue weighted by Gasteiger charge is 2.30. The molecule has 1 aromatic carbocycles. The Bertz CT molecular complexity index is 511. The van der Waals surface area contributed by atoms with Gasteiger partial charge in [0, 0.05) is 23.1 Å². The van der Waals surface area contributed by atoms with E-state index in [9.17, 15) is 4.79 Å². The van der Waals surface area contributed by atoms with Crippen molar-refractivity contribution in [3.05, 3.63) is 16.7 Å². The van der Waals surface area contributed by atoms with E-state index in [0.717, 1.165) is 59.6 Å². The summed E-state index contributed by atoms with van der Waals surface area (Å²) in [6.07, 6.45) is 4.20. The van der Waals surface area contributed by atoms with Crippen LogP contribution < -0.4 is 14.2 Å². The van der Waals surface area contributed by atoms with Gasteiger partial charge in [-0.2, -0.15) is 0 Å². The van der Waals surface area contributed by atoms with Gasteiger partial charge in [0.05, 0.1) is 20.3 Å². The molecule has 1 aromatic rings. The van der Waals surface area contributed by atoms with E-state index < -0.39 is 0 Å². The molecule has 0 amide bonds. The fourth-order valence-electron chi connectivity index (χ4n) is 3.15. The van der Waals surface area contributed by atoms with Crippen molar-refractivity contribution in [3.8, 4) is 17.2 Å². The summed E-state index contributed by atoms with van der Waals surface area (Å²) in [6, 6.07) is 0. The SMILES string of the molecule is COc1c2c(c(CC(C)=O)c3c1OCCC3)OCCC2. The first kappa shape index (κ1) is 13.3. The molecule has 0 saturated heterocycles. The molecule has 0 N–H and O–H groups in total. The van der Waals surface area contributed by atoms with Gasteiger partial charge in [0.25, 0.3) is 0 Å². The first-order chi connectivity index (χ1) is 9.72. The van der Waals surface area contributed by atoms with E-state index in [-0.39, 0.29) is 5.78 Å². The summed E-state index contributed by atoms with van der Waals surface area (Å²) in [7, 11) is 1.67. The van der Waals surface area contributed by atoms with E-state index in [4.69, 9.17) is 14.2 Å². The van der Waals surface area contributed by atoms with Crippen LogP contribution in [0.25, 0.3) is 0 Å². The average molecular weight is 276 g/mol. The number of ether oxygens (including phenoxy) is 3. The molecule has 0 aromatic heterocycles. The molecule has 20 heavy (non-hydrogen) atoms. The molecule has 108 valence electrons. The predicted molar refractivity (Wildman–Crippen MR) is 75.0 cm³/mol. The van der Waals surface area contributed by atoms with Crippen LogP contribution in [0, 0.1) is 0 Å². The summed E-state index contributed by atoms with van der Waals surface area (Å²) < 4.78 is 17.3. The van der Waals surface area contributed by atoms with E-state index in [2.05, 4.69) is 0 Å². The molecular weight excluding hydrogens is 256 g/mol. The Balaban J connectivity index is 2.23. The van der Waals surface area contributed by atoms with Crippen molar-refractivity contribution in [1.82, 2.24) is 0 Å². The number of benzene rings is 1. The largest absolute Gasteiger partial charge is 0.493 e. The zero-order valence-electron chi connectivity index (χ0n) is 12.1. The second-order valence-corrected chi connectivity index (χ2v) is 5.41. The normalized spacial score (nSPS) is 16.5. The third kappa shape index (κ3) is 2.13. The van der Waals surface area contributed by atoms with Gasteiger partial charge in [0.15, 0.2) is 11.5 Å². The minimum absolute atomic E-state index is 0.152. The van der Waals surface area contributed by atoms with Gasteiger partial charge < -0.3 is 14.2 Å². The number of hydrogen-bond acceptors (Lipinski definition) is 4. The Hall–Kier alpha value is -1.71. The van der Waals surface area contributed by atoms with Gasteiger partial charge in [-0.15, -0.1) is 0 Å². The molecular formula is C16H20O4. The van der Waals surface area contributed by atoms with Crippen molar-refractivity contribution in [1.29, 1.82) is 0 Å². The maximum absolute atomic E-state index is 11.6. The fraction of sp³-hybridized carbons (Fsp3) is 0.562. The smallest absolute Gasteiger partial charge is 0.167 e. The molecule has 0 unspecified atom stereocenters. The maximum Gasteiger partial charge on any atom is 0.167 e. The molecule has 0 radical (unpaired) electrons. The third-order valence-electron chi connectivity index (χ3n) is 3.93. The number of carbonyl (C=O) groups is 1. The van der Waals surface area contributed by atoms with Gasteiger partial charge in [0.1, 0.15) is 11.5 Å². The standard InChI is InChI=1S/C16H20O4/c1-10(17)9-13-11-5-3-8-20-16(11)15(18-2)12-6-4-7-19-14(12)13/h3-9H2,1-2H3. The lowest BCUT2D eigenvalue weighted by atomic mass is 9.90. The van der Waals surface area contributed by atoms with Gasteiger partial charge in [0.2, 0.25) is 0 Å². The lowest BCUT2D eigenvalue weighted by Crippen LogP contribution is -2.19. The van der Waals surface area contributed by atoms with Crippen molar-refractivity contribution in [3.63, 3.8) is 0 Å². The van der Waals surface area contributed by atoms with Crippen LogP contribution in [0.3, 0.4) is 0 Å². The summed E-state index contributed by atoms with van der Waals surface area (Å²) in [4.78, 5) is 11.6. The van der Waals surface area contributed by atoms with Crippen molar-refractivity contribution in [2.45, 2.75) is 39.0 Å². The second kappa shape index (κ2) is 5.35. The third-order valence-corrected chi connectivity index (χ3v) is 3.93. The molecule has 2 heterocycles. The van der Waals surface area contributed by atoms with Crippen LogP contribution in [0.4, 0.5) is 0 Å². The second-order valence-electron chi connectivity index (χ2n) is 5.41. The molecule has 0 aliphatic carbocycles. The summed E-state index contributed by atoms with van der Waals surface area (Å²) in [6.45, 7) is 3.04. The Labute approximate surface area is 119 Å². The Morgan fingerprint density at radius 2 is 1.75 bits per heavy atom. The first-order valence-corrected chi connectivity index (χ1v) is 7.22. The number of carbonyl (C=O) groups excluding carboxylic acids is 1. The van der Waals surface area contributed by atoms with Crippen LogP contribution in [0.5, 0.6) is 17.2 Å². The molecule has 3 rings (SSSR count). The van der Waals surface area contributed by atoms with E-state index in [0.29, 0.717) is 19.6 Å². The number of methoxy groups -OCH3 is 1. The van der Waals surface area contributed by atoms with E-state index in [1.54, 1.807) is 14.0 Å². The number of Topliss-reactive ketones (excluding diaryl/α,β-unsaturated/α-hetero) is 1. The molecule has 0 atom stereocenters. The van der Waals surface area contributed by atoms with Gasteiger partial charge in [-0.05, 0) is 32.6 Å². The number of fused-ring (bicyclic) bond motifs is 2. The molecule has 0 spiro atoms.